The van der Waals surface area contributed by atoms with Crippen molar-refractivity contribution in [1.29, 1.82) is 0 Å². The Bertz CT molecular complexity index is 694. The maximum atomic E-state index is 12.0. The molecule has 0 saturated carbocycles. The first kappa shape index (κ1) is 18.2. The van der Waals surface area contributed by atoms with Crippen LogP contribution >= 0.6 is 0 Å². The van der Waals surface area contributed by atoms with E-state index in [0.29, 0.717) is 23.3 Å². The van der Waals surface area contributed by atoms with Gasteiger partial charge in [0, 0.05) is 12.1 Å². The molecular formula is C19H26N2O3. The molecule has 0 bridgehead atoms. The van der Waals surface area contributed by atoms with E-state index in [0.717, 1.165) is 5.56 Å². The summed E-state index contributed by atoms with van der Waals surface area (Å²) in [5.74, 6) is 1.44. The van der Waals surface area contributed by atoms with Crippen molar-refractivity contribution in [1.82, 2.24) is 10.3 Å². The Morgan fingerprint density at radius 1 is 1.29 bits per heavy atom. The summed E-state index contributed by atoms with van der Waals surface area (Å²) in [6, 6.07) is 8.10. The Kier molecular flexibility index (Phi) is 5.44. The number of hydrogen-bond donors (Lipinski definition) is 2. The molecule has 2 aromatic rings. The summed E-state index contributed by atoms with van der Waals surface area (Å²) in [5.41, 5.74) is 1.84. The number of benzene rings is 1. The van der Waals surface area contributed by atoms with Crippen molar-refractivity contribution < 1.29 is 14.3 Å². The van der Waals surface area contributed by atoms with Gasteiger partial charge < -0.3 is 14.8 Å². The predicted octanol–water partition coefficient (Wildman–Crippen LogP) is 3.20. The molecule has 0 fully saturated rings. The highest BCUT2D eigenvalue weighted by molar-refractivity contribution is 5.78. The zero-order valence-electron chi connectivity index (χ0n) is 15.0. The lowest BCUT2D eigenvalue weighted by molar-refractivity contribution is -0.121. The van der Waals surface area contributed by atoms with Gasteiger partial charge in [-0.3, -0.25) is 4.79 Å². The molecule has 0 unspecified atom stereocenters. The van der Waals surface area contributed by atoms with E-state index in [9.17, 15) is 9.90 Å². The minimum Gasteiger partial charge on any atom is -0.441 e. The maximum Gasteiger partial charge on any atom is 0.226 e. The molecule has 0 aliphatic heterocycles. The number of carbonyl (C=O) groups is 1. The van der Waals surface area contributed by atoms with Crippen molar-refractivity contribution >= 4 is 5.91 Å². The van der Waals surface area contributed by atoms with Crippen LogP contribution in [-0.2, 0) is 11.2 Å². The molecule has 1 heterocycles. The van der Waals surface area contributed by atoms with Gasteiger partial charge in [-0.15, -0.1) is 0 Å². The molecule has 2 N–H and O–H groups in total. The average Bonchev–Trinajstić information content (AvgIpc) is 2.86. The van der Waals surface area contributed by atoms with Crippen molar-refractivity contribution in [3.8, 4) is 11.5 Å². The van der Waals surface area contributed by atoms with E-state index in [1.165, 1.54) is 5.56 Å². The van der Waals surface area contributed by atoms with Crippen molar-refractivity contribution in [2.45, 2.75) is 52.6 Å². The third-order valence-corrected chi connectivity index (χ3v) is 3.76. The van der Waals surface area contributed by atoms with Crippen molar-refractivity contribution in [3.63, 3.8) is 0 Å². The Labute approximate surface area is 143 Å². The molecule has 1 aromatic carbocycles. The van der Waals surface area contributed by atoms with Gasteiger partial charge in [-0.2, -0.15) is 0 Å². The smallest absolute Gasteiger partial charge is 0.226 e. The highest BCUT2D eigenvalue weighted by atomic mass is 16.4. The van der Waals surface area contributed by atoms with Crippen LogP contribution in [0, 0.1) is 6.92 Å². The van der Waals surface area contributed by atoms with Gasteiger partial charge in [0.25, 0.3) is 0 Å². The van der Waals surface area contributed by atoms with Crippen molar-refractivity contribution in [3.05, 3.63) is 41.3 Å². The Balaban J connectivity index is 2.08. The number of aliphatic hydroxyl groups is 1. The highest BCUT2D eigenvalue weighted by Crippen LogP contribution is 2.24. The van der Waals surface area contributed by atoms with Crippen LogP contribution < -0.4 is 5.32 Å². The van der Waals surface area contributed by atoms with Crippen LogP contribution in [0.3, 0.4) is 0 Å². The molecule has 0 radical (unpaired) electrons. The monoisotopic (exact) mass is 330 g/mol. The zero-order valence-corrected chi connectivity index (χ0v) is 15.0. The van der Waals surface area contributed by atoms with E-state index >= 15 is 0 Å². The standard InChI is InChI=1S/C19H26N2O3/c1-12(2)14-6-8-15(9-7-14)18-21-16(13(3)24-18)10-17(22)20-11-19(4,5)23/h6-9,12,23H,10-11H2,1-5H3,(H,20,22). The van der Waals surface area contributed by atoms with Crippen LogP contribution in [0.2, 0.25) is 0 Å². The largest absolute Gasteiger partial charge is 0.441 e. The van der Waals surface area contributed by atoms with Crippen LogP contribution in [0.5, 0.6) is 0 Å². The zero-order chi connectivity index (χ0) is 17.9. The van der Waals surface area contributed by atoms with Crippen molar-refractivity contribution in [2.75, 3.05) is 6.54 Å². The number of rotatable bonds is 6. The quantitative estimate of drug-likeness (QED) is 0.853. The summed E-state index contributed by atoms with van der Waals surface area (Å²) in [6.07, 6.45) is 0.134. The normalized spacial score (nSPS) is 11.8. The molecule has 0 aliphatic carbocycles. The lowest BCUT2D eigenvalue weighted by Crippen LogP contribution is -2.38. The summed E-state index contributed by atoms with van der Waals surface area (Å²) in [5, 5.41) is 12.3. The fourth-order valence-electron chi connectivity index (χ4n) is 2.26. The number of hydrogen-bond acceptors (Lipinski definition) is 4. The van der Waals surface area contributed by atoms with Crippen LogP contribution in [0.1, 0.15) is 50.6 Å². The summed E-state index contributed by atoms with van der Waals surface area (Å²) < 4.78 is 5.71. The second kappa shape index (κ2) is 7.18. The van der Waals surface area contributed by atoms with Gasteiger partial charge in [-0.1, -0.05) is 26.0 Å². The summed E-state index contributed by atoms with van der Waals surface area (Å²) in [4.78, 5) is 16.4. The van der Waals surface area contributed by atoms with E-state index in [1.807, 2.05) is 12.1 Å². The number of aryl methyl sites for hydroxylation is 1. The molecule has 5 heteroatoms. The number of nitrogens with zero attached hydrogens (tertiary/aromatic N) is 1. The Morgan fingerprint density at radius 2 is 1.92 bits per heavy atom. The first-order valence-electron chi connectivity index (χ1n) is 8.21. The van der Waals surface area contributed by atoms with Gasteiger partial charge in [0.2, 0.25) is 11.8 Å². The molecule has 1 amide bonds. The molecule has 0 spiro atoms. The Morgan fingerprint density at radius 3 is 2.46 bits per heavy atom. The summed E-state index contributed by atoms with van der Waals surface area (Å²) in [6.45, 7) is 9.59. The van der Waals surface area contributed by atoms with Gasteiger partial charge in [0.1, 0.15) is 5.76 Å². The highest BCUT2D eigenvalue weighted by Gasteiger charge is 2.17. The number of aromatic nitrogens is 1. The van der Waals surface area contributed by atoms with Gasteiger partial charge in [-0.05, 0) is 44.4 Å². The fourth-order valence-corrected chi connectivity index (χ4v) is 2.26. The first-order chi connectivity index (χ1) is 11.2. The molecule has 0 saturated heterocycles. The SMILES string of the molecule is Cc1oc(-c2ccc(C(C)C)cc2)nc1CC(=O)NCC(C)(C)O. The van der Waals surface area contributed by atoms with E-state index in [1.54, 1.807) is 20.8 Å². The third-order valence-electron chi connectivity index (χ3n) is 3.76. The number of amides is 1. The van der Waals surface area contributed by atoms with Crippen molar-refractivity contribution in [2.24, 2.45) is 0 Å². The fraction of sp³-hybridized carbons (Fsp3) is 0.474. The molecule has 0 atom stereocenters. The summed E-state index contributed by atoms with van der Waals surface area (Å²) >= 11 is 0. The number of oxazole rings is 1. The molecular weight excluding hydrogens is 304 g/mol. The minimum absolute atomic E-state index is 0.134. The van der Waals surface area contributed by atoms with E-state index in [-0.39, 0.29) is 18.9 Å². The van der Waals surface area contributed by atoms with Crippen LogP contribution in [0.15, 0.2) is 28.7 Å². The van der Waals surface area contributed by atoms with Gasteiger partial charge in [-0.25, -0.2) is 4.98 Å². The molecule has 5 nitrogen and oxygen atoms in total. The van der Waals surface area contributed by atoms with Gasteiger partial charge >= 0.3 is 0 Å². The van der Waals surface area contributed by atoms with Crippen LogP contribution in [-0.4, -0.2) is 28.1 Å². The summed E-state index contributed by atoms with van der Waals surface area (Å²) in [7, 11) is 0. The molecule has 130 valence electrons. The number of carbonyl (C=O) groups excluding carboxylic acids is 1. The van der Waals surface area contributed by atoms with Gasteiger partial charge in [0.15, 0.2) is 0 Å². The lowest BCUT2D eigenvalue weighted by atomic mass is 10.0. The van der Waals surface area contributed by atoms with E-state index in [4.69, 9.17) is 4.42 Å². The molecule has 1 aromatic heterocycles. The molecule has 0 aliphatic rings. The predicted molar refractivity (Wildman–Crippen MR) is 93.8 cm³/mol. The first-order valence-corrected chi connectivity index (χ1v) is 8.21. The molecule has 2 rings (SSSR count). The topological polar surface area (TPSA) is 75.4 Å². The second-order valence-electron chi connectivity index (χ2n) is 7.06. The second-order valence-corrected chi connectivity index (χ2v) is 7.06. The van der Waals surface area contributed by atoms with E-state index in [2.05, 4.69) is 36.3 Å². The average molecular weight is 330 g/mol. The Hall–Kier alpha value is -2.14. The van der Waals surface area contributed by atoms with Crippen LogP contribution in [0.4, 0.5) is 0 Å². The van der Waals surface area contributed by atoms with Crippen LogP contribution in [0.25, 0.3) is 11.5 Å². The van der Waals surface area contributed by atoms with E-state index < -0.39 is 5.60 Å². The maximum absolute atomic E-state index is 12.0. The lowest BCUT2D eigenvalue weighted by Gasteiger charge is -2.17. The number of nitrogens with one attached hydrogen (secondary N) is 1. The molecule has 24 heavy (non-hydrogen) atoms. The third kappa shape index (κ3) is 4.93. The minimum atomic E-state index is -0.933. The van der Waals surface area contributed by atoms with Gasteiger partial charge in [0.05, 0.1) is 17.7 Å².